The van der Waals surface area contributed by atoms with Gasteiger partial charge in [-0.25, -0.2) is 0 Å². The number of rotatable bonds is 2. The van der Waals surface area contributed by atoms with E-state index in [2.05, 4.69) is 6.07 Å². The van der Waals surface area contributed by atoms with Crippen LogP contribution in [0.1, 0.15) is 12.5 Å². The zero-order valence-corrected chi connectivity index (χ0v) is 7.36. The van der Waals surface area contributed by atoms with Crippen LogP contribution in [0.25, 0.3) is 0 Å². The molecule has 1 aromatic rings. The molecule has 0 fully saturated rings. The van der Waals surface area contributed by atoms with Gasteiger partial charge in [-0.3, -0.25) is 0 Å². The summed E-state index contributed by atoms with van der Waals surface area (Å²) in [5.41, 5.74) is 0.851. The minimum absolute atomic E-state index is 0.0797. The van der Waals surface area contributed by atoms with Gasteiger partial charge in [0.1, 0.15) is 0 Å². The van der Waals surface area contributed by atoms with Gasteiger partial charge >= 0.3 is 0 Å². The molecule has 3 heteroatoms. The summed E-state index contributed by atoms with van der Waals surface area (Å²) < 4.78 is 0. The Balaban J connectivity index is 2.81. The predicted octanol–water partition coefficient (Wildman–Crippen LogP) is 1.80. The summed E-state index contributed by atoms with van der Waals surface area (Å²) in [6, 6.07) is 6.70. The van der Waals surface area contributed by atoms with E-state index in [9.17, 15) is 0 Å². The van der Waals surface area contributed by atoms with Gasteiger partial charge in [0.25, 0.3) is 0 Å². The molecule has 0 aliphatic heterocycles. The summed E-state index contributed by atoms with van der Waals surface area (Å²) in [5, 5.41) is 26.7. The van der Waals surface area contributed by atoms with Gasteiger partial charge in [0.2, 0.25) is 0 Å². The van der Waals surface area contributed by atoms with E-state index in [1.807, 2.05) is 6.92 Å². The molecule has 0 aliphatic rings. The average Bonchev–Trinajstić information content (AvgIpc) is 2.11. The summed E-state index contributed by atoms with van der Waals surface area (Å²) in [6.07, 6.45) is 0.588. The number of nitriles is 1. The molecule has 1 rings (SSSR count). The lowest BCUT2D eigenvalue weighted by Crippen LogP contribution is -1.95. The van der Waals surface area contributed by atoms with Crippen LogP contribution in [0.15, 0.2) is 18.2 Å². The maximum Gasteiger partial charge on any atom is 0.157 e. The van der Waals surface area contributed by atoms with Gasteiger partial charge in [-0.15, -0.1) is 0 Å². The molecule has 2 N–H and O–H groups in total. The Bertz CT molecular complexity index is 341. The van der Waals surface area contributed by atoms with Crippen LogP contribution in [0.3, 0.4) is 0 Å². The maximum atomic E-state index is 9.15. The Kier molecular flexibility index (Phi) is 2.76. The number of nitrogens with zero attached hydrogens (tertiary/aromatic N) is 1. The van der Waals surface area contributed by atoms with Crippen molar-refractivity contribution in [3.05, 3.63) is 23.8 Å². The van der Waals surface area contributed by atoms with Crippen LogP contribution < -0.4 is 0 Å². The van der Waals surface area contributed by atoms with Crippen molar-refractivity contribution in [3.63, 3.8) is 0 Å². The Labute approximate surface area is 76.9 Å². The van der Waals surface area contributed by atoms with Gasteiger partial charge < -0.3 is 10.2 Å². The molecule has 3 nitrogen and oxygen atoms in total. The van der Waals surface area contributed by atoms with Crippen LogP contribution in [-0.2, 0) is 6.42 Å². The number of hydrogen-bond donors (Lipinski definition) is 2. The molecule has 1 aromatic carbocycles. The normalized spacial score (nSPS) is 12.0. The van der Waals surface area contributed by atoms with Crippen LogP contribution in [0, 0.1) is 17.2 Å². The second kappa shape index (κ2) is 3.81. The highest BCUT2D eigenvalue weighted by molar-refractivity contribution is 5.40. The highest BCUT2D eigenvalue weighted by atomic mass is 16.3. The summed E-state index contributed by atoms with van der Waals surface area (Å²) >= 11 is 0. The molecule has 1 unspecified atom stereocenters. The third-order valence-corrected chi connectivity index (χ3v) is 1.80. The highest BCUT2D eigenvalue weighted by Crippen LogP contribution is 2.25. The van der Waals surface area contributed by atoms with E-state index < -0.39 is 0 Å². The van der Waals surface area contributed by atoms with Crippen LogP contribution in [0.2, 0.25) is 0 Å². The standard InChI is InChI=1S/C10H11NO2/c1-7(6-11)4-8-2-3-9(12)10(13)5-8/h2-3,5,7,12-13H,4H2,1H3. The molecule has 1 atom stereocenters. The summed E-state index contributed by atoms with van der Waals surface area (Å²) in [4.78, 5) is 0. The molecule has 0 radical (unpaired) electrons. The molecule has 68 valence electrons. The molecule has 0 aliphatic carbocycles. The van der Waals surface area contributed by atoms with Crippen molar-refractivity contribution in [1.29, 1.82) is 5.26 Å². The second-order valence-electron chi connectivity index (χ2n) is 3.06. The quantitative estimate of drug-likeness (QED) is 0.677. The van der Waals surface area contributed by atoms with E-state index in [-0.39, 0.29) is 17.4 Å². The molecule has 0 amide bonds. The molecule has 0 saturated heterocycles. The molecule has 0 heterocycles. The first-order valence-electron chi connectivity index (χ1n) is 4.04. The van der Waals surface area contributed by atoms with Gasteiger partial charge in [-0.2, -0.15) is 5.26 Å². The van der Waals surface area contributed by atoms with Crippen LogP contribution >= 0.6 is 0 Å². The lowest BCUT2D eigenvalue weighted by atomic mass is 10.0. The number of phenols is 2. The fourth-order valence-electron chi connectivity index (χ4n) is 1.10. The predicted molar refractivity (Wildman–Crippen MR) is 48.3 cm³/mol. The van der Waals surface area contributed by atoms with Crippen LogP contribution in [-0.4, -0.2) is 10.2 Å². The van der Waals surface area contributed by atoms with Gasteiger partial charge in [0.05, 0.1) is 6.07 Å². The van der Waals surface area contributed by atoms with Crippen LogP contribution in [0.4, 0.5) is 0 Å². The molecule has 0 spiro atoms. The topological polar surface area (TPSA) is 64.2 Å². The summed E-state index contributed by atoms with van der Waals surface area (Å²) in [7, 11) is 0. The van der Waals surface area contributed by atoms with Crippen molar-refractivity contribution in [2.24, 2.45) is 5.92 Å². The molecular weight excluding hydrogens is 166 g/mol. The smallest absolute Gasteiger partial charge is 0.157 e. The third kappa shape index (κ3) is 2.38. The summed E-state index contributed by atoms with van der Waals surface area (Å²) in [5.74, 6) is -0.347. The largest absolute Gasteiger partial charge is 0.504 e. The monoisotopic (exact) mass is 177 g/mol. The first-order chi connectivity index (χ1) is 6.13. The SMILES string of the molecule is CC(C#N)Cc1ccc(O)c(O)c1. The Hall–Kier alpha value is -1.69. The van der Waals surface area contributed by atoms with E-state index in [4.69, 9.17) is 15.5 Å². The lowest BCUT2D eigenvalue weighted by molar-refractivity contribution is 0.403. The van der Waals surface area contributed by atoms with Crippen molar-refractivity contribution < 1.29 is 10.2 Å². The second-order valence-corrected chi connectivity index (χ2v) is 3.06. The van der Waals surface area contributed by atoms with Crippen molar-refractivity contribution in [3.8, 4) is 17.6 Å². The first-order valence-corrected chi connectivity index (χ1v) is 4.04. The zero-order chi connectivity index (χ0) is 9.84. The van der Waals surface area contributed by atoms with Gasteiger partial charge in [0.15, 0.2) is 11.5 Å². The third-order valence-electron chi connectivity index (χ3n) is 1.80. The molecular formula is C10H11NO2. The number of hydrogen-bond acceptors (Lipinski definition) is 3. The van der Waals surface area contributed by atoms with Gasteiger partial charge in [-0.05, 0) is 31.0 Å². The van der Waals surface area contributed by atoms with E-state index in [1.54, 1.807) is 6.07 Å². The molecule has 0 bridgehead atoms. The zero-order valence-electron chi connectivity index (χ0n) is 7.36. The van der Waals surface area contributed by atoms with E-state index in [0.717, 1.165) is 5.56 Å². The Morgan fingerprint density at radius 2 is 2.08 bits per heavy atom. The van der Waals surface area contributed by atoms with E-state index in [0.29, 0.717) is 6.42 Å². The highest BCUT2D eigenvalue weighted by Gasteiger charge is 2.04. The molecule has 0 aromatic heterocycles. The van der Waals surface area contributed by atoms with Gasteiger partial charge in [0, 0.05) is 5.92 Å². The Morgan fingerprint density at radius 1 is 1.38 bits per heavy atom. The fraction of sp³-hybridized carbons (Fsp3) is 0.300. The molecule has 13 heavy (non-hydrogen) atoms. The maximum absolute atomic E-state index is 9.15. The number of benzene rings is 1. The number of aromatic hydroxyl groups is 2. The average molecular weight is 177 g/mol. The molecule has 0 saturated carbocycles. The minimum atomic E-state index is -0.136. The van der Waals surface area contributed by atoms with E-state index in [1.165, 1.54) is 12.1 Å². The Morgan fingerprint density at radius 3 is 2.62 bits per heavy atom. The van der Waals surface area contributed by atoms with E-state index >= 15 is 0 Å². The van der Waals surface area contributed by atoms with Crippen molar-refractivity contribution in [1.82, 2.24) is 0 Å². The minimum Gasteiger partial charge on any atom is -0.504 e. The first kappa shape index (κ1) is 9.40. The van der Waals surface area contributed by atoms with Gasteiger partial charge in [-0.1, -0.05) is 6.07 Å². The van der Waals surface area contributed by atoms with Crippen molar-refractivity contribution in [2.45, 2.75) is 13.3 Å². The van der Waals surface area contributed by atoms with Crippen molar-refractivity contribution in [2.75, 3.05) is 0 Å². The number of phenolic OH excluding ortho intramolecular Hbond substituents is 2. The van der Waals surface area contributed by atoms with Crippen LogP contribution in [0.5, 0.6) is 11.5 Å². The summed E-state index contributed by atoms with van der Waals surface area (Å²) in [6.45, 7) is 1.81. The lowest BCUT2D eigenvalue weighted by Gasteiger charge is -2.04. The van der Waals surface area contributed by atoms with Crippen molar-refractivity contribution >= 4 is 0 Å². The fourth-order valence-corrected chi connectivity index (χ4v) is 1.10.